The molecule has 5 nitrogen and oxygen atoms in total. The van der Waals surface area contributed by atoms with Gasteiger partial charge >= 0.3 is 0 Å². The van der Waals surface area contributed by atoms with Crippen molar-refractivity contribution in [2.75, 3.05) is 0 Å². The Kier molecular flexibility index (Phi) is 3.57. The summed E-state index contributed by atoms with van der Waals surface area (Å²) in [4.78, 5) is 8.00. The highest BCUT2D eigenvalue weighted by atomic mass is 79.9. The second kappa shape index (κ2) is 5.14. The molecular formula is C12H11BrN4O. The minimum absolute atomic E-state index is 0.117. The quantitative estimate of drug-likeness (QED) is 0.674. The van der Waals surface area contributed by atoms with Gasteiger partial charge in [0, 0.05) is 4.47 Å². The normalized spacial score (nSPS) is 10.1. The minimum Gasteiger partial charge on any atom is -0.437 e. The fourth-order valence-electron chi connectivity index (χ4n) is 1.31. The second-order valence-corrected chi connectivity index (χ2v) is 4.52. The van der Waals surface area contributed by atoms with Crippen molar-refractivity contribution in [2.45, 2.75) is 6.92 Å². The van der Waals surface area contributed by atoms with Crippen LogP contribution in [-0.2, 0) is 0 Å². The number of nitrogens with two attached hydrogens (primary N) is 1. The van der Waals surface area contributed by atoms with Crippen molar-refractivity contribution in [1.29, 1.82) is 5.41 Å². The number of aryl methyl sites for hydroxylation is 1. The van der Waals surface area contributed by atoms with E-state index >= 15 is 0 Å². The molecule has 1 heterocycles. The van der Waals surface area contributed by atoms with E-state index in [0.717, 1.165) is 10.0 Å². The Hall–Kier alpha value is -1.95. The molecule has 92 valence electrons. The van der Waals surface area contributed by atoms with Crippen LogP contribution >= 0.6 is 15.9 Å². The van der Waals surface area contributed by atoms with Gasteiger partial charge in [-0.1, -0.05) is 15.9 Å². The van der Waals surface area contributed by atoms with Crippen molar-refractivity contribution in [3.05, 3.63) is 46.3 Å². The SMILES string of the molecule is Cc1cc(Oc2cnc(C(=N)N)cn2)ccc1Br. The summed E-state index contributed by atoms with van der Waals surface area (Å²) in [6, 6.07) is 5.63. The number of nitrogen functional groups attached to an aromatic ring is 1. The van der Waals surface area contributed by atoms with E-state index < -0.39 is 0 Å². The van der Waals surface area contributed by atoms with Crippen LogP contribution in [0.25, 0.3) is 0 Å². The molecule has 0 radical (unpaired) electrons. The highest BCUT2D eigenvalue weighted by molar-refractivity contribution is 9.10. The van der Waals surface area contributed by atoms with Gasteiger partial charge in [-0.25, -0.2) is 9.97 Å². The van der Waals surface area contributed by atoms with Crippen LogP contribution in [-0.4, -0.2) is 15.8 Å². The zero-order valence-corrected chi connectivity index (χ0v) is 11.2. The van der Waals surface area contributed by atoms with Gasteiger partial charge in [-0.15, -0.1) is 0 Å². The summed E-state index contributed by atoms with van der Waals surface area (Å²) in [5.41, 5.74) is 6.69. The second-order valence-electron chi connectivity index (χ2n) is 3.67. The maximum atomic E-state index is 7.21. The summed E-state index contributed by atoms with van der Waals surface area (Å²) in [5.74, 6) is 0.927. The number of amidine groups is 1. The fourth-order valence-corrected chi connectivity index (χ4v) is 1.56. The van der Waals surface area contributed by atoms with Gasteiger partial charge in [0.2, 0.25) is 5.88 Å². The molecule has 0 amide bonds. The Morgan fingerprint density at radius 2 is 2.11 bits per heavy atom. The summed E-state index contributed by atoms with van der Waals surface area (Å²) in [6.07, 6.45) is 2.84. The Bertz CT molecular complexity index is 583. The molecule has 2 rings (SSSR count). The molecule has 2 aromatic rings. The standard InChI is InChI=1S/C12H11BrN4O/c1-7-4-8(2-3-9(7)13)18-11-6-16-10(5-17-11)12(14)15/h2-6H,1H3,(H3,14,15). The van der Waals surface area contributed by atoms with E-state index in [-0.39, 0.29) is 5.84 Å². The van der Waals surface area contributed by atoms with E-state index in [9.17, 15) is 0 Å². The number of rotatable bonds is 3. The maximum absolute atomic E-state index is 7.21. The molecule has 18 heavy (non-hydrogen) atoms. The molecular weight excluding hydrogens is 296 g/mol. The number of benzene rings is 1. The Morgan fingerprint density at radius 1 is 1.33 bits per heavy atom. The van der Waals surface area contributed by atoms with Gasteiger partial charge in [-0.05, 0) is 30.7 Å². The lowest BCUT2D eigenvalue weighted by Crippen LogP contribution is -2.13. The molecule has 0 saturated heterocycles. The van der Waals surface area contributed by atoms with Crippen molar-refractivity contribution in [1.82, 2.24) is 9.97 Å². The highest BCUT2D eigenvalue weighted by Gasteiger charge is 2.03. The van der Waals surface area contributed by atoms with E-state index in [1.54, 1.807) is 0 Å². The molecule has 0 aliphatic heterocycles. The van der Waals surface area contributed by atoms with Gasteiger partial charge < -0.3 is 10.5 Å². The predicted molar refractivity (Wildman–Crippen MR) is 72.0 cm³/mol. The number of hydrogen-bond acceptors (Lipinski definition) is 4. The highest BCUT2D eigenvalue weighted by Crippen LogP contribution is 2.24. The molecule has 0 atom stereocenters. The Morgan fingerprint density at radius 3 is 2.67 bits per heavy atom. The monoisotopic (exact) mass is 306 g/mol. The molecule has 6 heteroatoms. The third kappa shape index (κ3) is 2.84. The van der Waals surface area contributed by atoms with Gasteiger partial charge in [-0.2, -0.15) is 0 Å². The summed E-state index contributed by atoms with van der Waals surface area (Å²) in [7, 11) is 0. The van der Waals surface area contributed by atoms with Crippen molar-refractivity contribution >= 4 is 21.8 Å². The van der Waals surface area contributed by atoms with Crippen molar-refractivity contribution in [3.63, 3.8) is 0 Å². The van der Waals surface area contributed by atoms with E-state index in [2.05, 4.69) is 25.9 Å². The number of nitrogens with one attached hydrogen (secondary N) is 1. The van der Waals surface area contributed by atoms with Gasteiger partial charge in [0.15, 0.2) is 0 Å². The summed E-state index contributed by atoms with van der Waals surface area (Å²) >= 11 is 3.42. The number of aromatic nitrogens is 2. The third-order valence-corrected chi connectivity index (χ3v) is 3.15. The van der Waals surface area contributed by atoms with Crippen molar-refractivity contribution < 1.29 is 4.74 Å². The van der Waals surface area contributed by atoms with Gasteiger partial charge in [0.05, 0.1) is 12.4 Å². The van der Waals surface area contributed by atoms with Gasteiger partial charge in [0.1, 0.15) is 17.3 Å². The van der Waals surface area contributed by atoms with Crippen molar-refractivity contribution in [3.8, 4) is 11.6 Å². The van der Waals surface area contributed by atoms with E-state index in [4.69, 9.17) is 15.9 Å². The lowest BCUT2D eigenvalue weighted by Gasteiger charge is -2.06. The van der Waals surface area contributed by atoms with Gasteiger partial charge in [-0.3, -0.25) is 5.41 Å². The smallest absolute Gasteiger partial charge is 0.237 e. The predicted octanol–water partition coefficient (Wildman–Crippen LogP) is 2.62. The summed E-state index contributed by atoms with van der Waals surface area (Å²) in [6.45, 7) is 1.97. The zero-order chi connectivity index (χ0) is 13.1. The van der Waals surface area contributed by atoms with Crippen LogP contribution in [0, 0.1) is 12.3 Å². The molecule has 0 fully saturated rings. The van der Waals surface area contributed by atoms with Crippen LogP contribution in [0.4, 0.5) is 0 Å². The zero-order valence-electron chi connectivity index (χ0n) is 9.64. The average Bonchev–Trinajstić information content (AvgIpc) is 2.34. The molecule has 1 aromatic carbocycles. The number of hydrogen-bond donors (Lipinski definition) is 2. The number of ether oxygens (including phenoxy) is 1. The molecule has 0 bridgehead atoms. The van der Waals surface area contributed by atoms with Crippen LogP contribution in [0.5, 0.6) is 11.6 Å². The molecule has 0 unspecified atom stereocenters. The average molecular weight is 307 g/mol. The van der Waals surface area contributed by atoms with Crippen LogP contribution < -0.4 is 10.5 Å². The first kappa shape index (κ1) is 12.5. The van der Waals surface area contributed by atoms with E-state index in [1.807, 2.05) is 25.1 Å². The number of nitrogens with zero attached hydrogens (tertiary/aromatic N) is 2. The fraction of sp³-hybridized carbons (Fsp3) is 0.0833. The van der Waals surface area contributed by atoms with Gasteiger partial charge in [0.25, 0.3) is 0 Å². The first-order chi connectivity index (χ1) is 8.56. The molecule has 0 aliphatic carbocycles. The van der Waals surface area contributed by atoms with Crippen LogP contribution in [0.3, 0.4) is 0 Å². The molecule has 0 spiro atoms. The van der Waals surface area contributed by atoms with Crippen LogP contribution in [0.15, 0.2) is 35.1 Å². The van der Waals surface area contributed by atoms with Crippen LogP contribution in [0.2, 0.25) is 0 Å². The lowest BCUT2D eigenvalue weighted by molar-refractivity contribution is 0.459. The molecule has 3 N–H and O–H groups in total. The van der Waals surface area contributed by atoms with Crippen molar-refractivity contribution in [2.24, 2.45) is 5.73 Å². The molecule has 0 saturated carbocycles. The summed E-state index contributed by atoms with van der Waals surface area (Å²) < 4.78 is 6.56. The van der Waals surface area contributed by atoms with Crippen LogP contribution in [0.1, 0.15) is 11.3 Å². The topological polar surface area (TPSA) is 84.9 Å². The Labute approximate surface area is 113 Å². The lowest BCUT2D eigenvalue weighted by atomic mass is 10.2. The van der Waals surface area contributed by atoms with E-state index in [1.165, 1.54) is 12.4 Å². The first-order valence-electron chi connectivity index (χ1n) is 5.16. The minimum atomic E-state index is -0.117. The first-order valence-corrected chi connectivity index (χ1v) is 5.96. The van der Waals surface area contributed by atoms with E-state index in [0.29, 0.717) is 17.3 Å². The number of halogens is 1. The summed E-state index contributed by atoms with van der Waals surface area (Å²) in [5, 5.41) is 7.21. The largest absolute Gasteiger partial charge is 0.437 e. The molecule has 0 aliphatic rings. The third-order valence-electron chi connectivity index (χ3n) is 2.26. The molecule has 1 aromatic heterocycles. The Balaban J connectivity index is 2.18. The maximum Gasteiger partial charge on any atom is 0.237 e.